The number of aliphatic hydroxyl groups is 5. The van der Waals surface area contributed by atoms with Gasteiger partial charge < -0.3 is 49.6 Å². The number of rotatable bonds is 21. The molecule has 12 heteroatoms. The second-order valence-electron chi connectivity index (χ2n) is 12.6. The number of carbonyl (C=O) groups excluding carboxylic acids is 1. The summed E-state index contributed by atoms with van der Waals surface area (Å²) in [6.07, 6.45) is -3.64. The predicted molar refractivity (Wildman–Crippen MR) is 161 cm³/mol. The van der Waals surface area contributed by atoms with Crippen LogP contribution in [-0.4, -0.2) is 110 Å². The Morgan fingerprint density at radius 2 is 1.18 bits per heavy atom. The molecule has 2 fully saturated rings. The first-order valence-electron chi connectivity index (χ1n) is 16.7. The summed E-state index contributed by atoms with van der Waals surface area (Å²) in [6.45, 7) is 7.28. The van der Waals surface area contributed by atoms with E-state index < -0.39 is 79.4 Å². The molecule has 0 aliphatic carbocycles. The van der Waals surface area contributed by atoms with E-state index in [0.717, 1.165) is 64.2 Å². The number of hydrogen-bond acceptors (Lipinski definition) is 11. The summed E-state index contributed by atoms with van der Waals surface area (Å²) >= 11 is 0. The van der Waals surface area contributed by atoms with Gasteiger partial charge in [0.2, 0.25) is 0 Å². The van der Waals surface area contributed by atoms with Gasteiger partial charge in [0.15, 0.2) is 12.6 Å². The summed E-state index contributed by atoms with van der Waals surface area (Å²) in [5.41, 5.74) is 0. The van der Waals surface area contributed by atoms with Crippen molar-refractivity contribution in [3.63, 3.8) is 0 Å². The van der Waals surface area contributed by atoms with Crippen molar-refractivity contribution in [2.24, 2.45) is 5.92 Å². The first kappa shape index (κ1) is 39.0. The molecule has 2 aliphatic heterocycles. The lowest BCUT2D eigenvalue weighted by Crippen LogP contribution is -2.63. The van der Waals surface area contributed by atoms with Crippen LogP contribution in [0.1, 0.15) is 118 Å². The van der Waals surface area contributed by atoms with Crippen LogP contribution in [0.2, 0.25) is 0 Å². The zero-order valence-corrected chi connectivity index (χ0v) is 27.0. The van der Waals surface area contributed by atoms with Crippen LogP contribution < -0.4 is 0 Å². The fourth-order valence-corrected chi connectivity index (χ4v) is 5.89. The Morgan fingerprint density at radius 1 is 0.659 bits per heavy atom. The maximum Gasteiger partial charge on any atom is 0.304 e. The Kier molecular flexibility index (Phi) is 17.8. The Bertz CT molecular complexity index is 827. The quantitative estimate of drug-likeness (QED) is 0.101. The normalized spacial score (nSPS) is 34.0. The van der Waals surface area contributed by atoms with Gasteiger partial charge in [0.05, 0.1) is 24.7 Å². The van der Waals surface area contributed by atoms with Crippen molar-refractivity contribution < 1.29 is 59.2 Å². The highest BCUT2D eigenvalue weighted by Gasteiger charge is 2.50. The third-order valence-corrected chi connectivity index (χ3v) is 8.80. The van der Waals surface area contributed by atoms with Gasteiger partial charge in [-0.15, -0.1) is 0 Å². The molecule has 2 rings (SSSR count). The second kappa shape index (κ2) is 20.1. The van der Waals surface area contributed by atoms with Gasteiger partial charge in [-0.3, -0.25) is 9.59 Å². The first-order chi connectivity index (χ1) is 20.9. The van der Waals surface area contributed by atoms with Gasteiger partial charge in [-0.1, -0.05) is 78.1 Å². The van der Waals surface area contributed by atoms with E-state index in [1.54, 1.807) is 6.92 Å². The van der Waals surface area contributed by atoms with Crippen molar-refractivity contribution in [3.05, 3.63) is 0 Å². The van der Waals surface area contributed by atoms with Gasteiger partial charge in [0, 0.05) is 12.3 Å². The number of aliphatic hydroxyl groups excluding tert-OH is 5. The molecule has 0 bridgehead atoms. The minimum atomic E-state index is -1.66. The maximum absolute atomic E-state index is 13.5. The topological polar surface area (TPSA) is 192 Å². The molecule has 0 aromatic heterocycles. The van der Waals surface area contributed by atoms with Crippen molar-refractivity contribution in [1.82, 2.24) is 0 Å². The van der Waals surface area contributed by atoms with Gasteiger partial charge in [0.25, 0.3) is 0 Å². The summed E-state index contributed by atoms with van der Waals surface area (Å²) < 4.78 is 23.6. The van der Waals surface area contributed by atoms with E-state index in [2.05, 4.69) is 13.8 Å². The fraction of sp³-hybridized carbons (Fsp3) is 0.938. The number of hydrogen-bond donors (Lipinski definition) is 6. The van der Waals surface area contributed by atoms with Gasteiger partial charge in [0.1, 0.15) is 42.4 Å². The van der Waals surface area contributed by atoms with E-state index in [-0.39, 0.29) is 18.6 Å². The minimum absolute atomic E-state index is 0.0508. The SMILES string of the molecule is CCCCCCCC(CC(=O)C(CCCCCCC)CC(=O)O)OC1OC(C)C(O)C(O)C1OC1OC(C)C(O)C(O)C1O. The largest absolute Gasteiger partial charge is 0.481 e. The number of aliphatic carboxylic acids is 1. The lowest BCUT2D eigenvalue weighted by molar-refractivity contribution is -0.366. The molecule has 44 heavy (non-hydrogen) atoms. The van der Waals surface area contributed by atoms with E-state index in [4.69, 9.17) is 18.9 Å². The standard InChI is InChI=1S/C32H58O12/c1-5-7-9-11-13-15-21(17-24(34)35)23(33)18-22(16-14-12-10-8-6-2)43-32-30(28(39)26(37)20(4)42-32)44-31-29(40)27(38)25(36)19(3)41-31/h19-22,25-32,36-40H,5-18H2,1-4H3,(H,34,35). The number of unbranched alkanes of at least 4 members (excludes halogenated alkanes) is 8. The number of Topliss-reactive ketones (excluding diaryl/α,β-unsaturated/α-hetero) is 1. The van der Waals surface area contributed by atoms with E-state index >= 15 is 0 Å². The molecule has 12 nitrogen and oxygen atoms in total. The van der Waals surface area contributed by atoms with Crippen molar-refractivity contribution in [2.45, 2.75) is 185 Å². The molecule has 0 radical (unpaired) electrons. The molecular weight excluding hydrogens is 576 g/mol. The summed E-state index contributed by atoms with van der Waals surface area (Å²) in [6, 6.07) is 0. The molecule has 6 N–H and O–H groups in total. The molecule has 12 atom stereocenters. The molecule has 2 heterocycles. The smallest absolute Gasteiger partial charge is 0.304 e. The molecule has 2 aliphatic rings. The highest BCUT2D eigenvalue weighted by Crippen LogP contribution is 2.31. The zero-order chi connectivity index (χ0) is 32.8. The lowest BCUT2D eigenvalue weighted by atomic mass is 9.89. The predicted octanol–water partition coefficient (Wildman–Crippen LogP) is 2.82. The van der Waals surface area contributed by atoms with Crippen LogP contribution in [0.15, 0.2) is 0 Å². The highest BCUT2D eigenvalue weighted by atomic mass is 16.8. The molecule has 258 valence electrons. The van der Waals surface area contributed by atoms with Gasteiger partial charge in [-0.2, -0.15) is 0 Å². The van der Waals surface area contributed by atoms with Gasteiger partial charge >= 0.3 is 5.97 Å². The summed E-state index contributed by atoms with van der Waals surface area (Å²) in [4.78, 5) is 25.1. The molecule has 0 aromatic rings. The summed E-state index contributed by atoms with van der Waals surface area (Å²) in [5.74, 6) is -1.89. The molecule has 0 spiro atoms. The van der Waals surface area contributed by atoms with E-state index in [1.165, 1.54) is 6.92 Å². The molecule has 0 aromatic carbocycles. The van der Waals surface area contributed by atoms with Crippen LogP contribution in [0, 0.1) is 5.92 Å². The second-order valence-corrected chi connectivity index (χ2v) is 12.6. The lowest BCUT2D eigenvalue weighted by Gasteiger charge is -2.46. The zero-order valence-electron chi connectivity index (χ0n) is 27.0. The summed E-state index contributed by atoms with van der Waals surface area (Å²) in [7, 11) is 0. The van der Waals surface area contributed by atoms with Crippen molar-refractivity contribution in [1.29, 1.82) is 0 Å². The van der Waals surface area contributed by atoms with Crippen LogP contribution in [-0.2, 0) is 28.5 Å². The molecular formula is C32H58O12. The van der Waals surface area contributed by atoms with Crippen molar-refractivity contribution >= 4 is 11.8 Å². The van der Waals surface area contributed by atoms with Crippen LogP contribution in [0.25, 0.3) is 0 Å². The molecule has 0 amide bonds. The van der Waals surface area contributed by atoms with E-state index in [1.807, 2.05) is 0 Å². The Morgan fingerprint density at radius 3 is 1.75 bits per heavy atom. The average molecular weight is 635 g/mol. The van der Waals surface area contributed by atoms with Crippen molar-refractivity contribution in [2.75, 3.05) is 0 Å². The third-order valence-electron chi connectivity index (χ3n) is 8.80. The minimum Gasteiger partial charge on any atom is -0.481 e. The highest BCUT2D eigenvalue weighted by molar-refractivity contribution is 5.85. The number of carboxylic acid groups (broad SMARTS) is 1. The van der Waals surface area contributed by atoms with Gasteiger partial charge in [-0.25, -0.2) is 0 Å². The Balaban J connectivity index is 2.21. The van der Waals surface area contributed by atoms with E-state index in [0.29, 0.717) is 12.8 Å². The van der Waals surface area contributed by atoms with Crippen LogP contribution in [0.4, 0.5) is 0 Å². The van der Waals surface area contributed by atoms with Gasteiger partial charge in [-0.05, 0) is 26.7 Å². The Labute approximate surface area is 262 Å². The maximum atomic E-state index is 13.5. The van der Waals surface area contributed by atoms with Crippen LogP contribution in [0.5, 0.6) is 0 Å². The number of carbonyl (C=O) groups is 2. The van der Waals surface area contributed by atoms with Crippen LogP contribution >= 0.6 is 0 Å². The summed E-state index contributed by atoms with van der Waals surface area (Å²) in [5, 5.41) is 61.9. The fourth-order valence-electron chi connectivity index (χ4n) is 5.89. The number of carboxylic acids is 1. The average Bonchev–Trinajstić information content (AvgIpc) is 2.98. The molecule has 12 unspecified atom stereocenters. The molecule has 2 saturated heterocycles. The van der Waals surface area contributed by atoms with E-state index in [9.17, 15) is 40.2 Å². The van der Waals surface area contributed by atoms with Crippen LogP contribution in [0.3, 0.4) is 0 Å². The number of ketones is 1. The van der Waals surface area contributed by atoms with Crippen molar-refractivity contribution in [3.8, 4) is 0 Å². The monoisotopic (exact) mass is 634 g/mol. The molecule has 0 saturated carbocycles. The third kappa shape index (κ3) is 12.2. The first-order valence-corrected chi connectivity index (χ1v) is 16.7. The number of ether oxygens (including phenoxy) is 4. The Hall–Kier alpha value is -1.22.